The number of carbonyl (C=O) groups excluding carboxylic acids is 1. The van der Waals surface area contributed by atoms with E-state index >= 15 is 0 Å². The number of carbonyl (C=O) groups is 1. The van der Waals surface area contributed by atoms with Crippen molar-refractivity contribution in [2.24, 2.45) is 0 Å². The van der Waals surface area contributed by atoms with Crippen molar-refractivity contribution in [3.63, 3.8) is 0 Å². The zero-order valence-electron chi connectivity index (χ0n) is 7.64. The summed E-state index contributed by atoms with van der Waals surface area (Å²) >= 11 is 0.00142. The average molecular weight is 227 g/mol. The first-order valence-electron chi connectivity index (χ1n) is 4.42. The first kappa shape index (κ1) is 11.8. The van der Waals surface area contributed by atoms with Crippen molar-refractivity contribution in [1.29, 1.82) is 0 Å². The van der Waals surface area contributed by atoms with E-state index in [-0.39, 0.29) is 23.3 Å². The van der Waals surface area contributed by atoms with Gasteiger partial charge in [-0.15, -0.1) is 0 Å². The van der Waals surface area contributed by atoms with Crippen LogP contribution in [0.25, 0.3) is 0 Å². The van der Waals surface area contributed by atoms with E-state index in [4.69, 9.17) is 0 Å². The summed E-state index contributed by atoms with van der Waals surface area (Å²) in [7, 11) is 0. The lowest BCUT2D eigenvalue weighted by Crippen LogP contribution is -2.35. The molecule has 0 N–H and O–H groups in total. The van der Waals surface area contributed by atoms with Crippen molar-refractivity contribution in [2.45, 2.75) is 18.3 Å². The molecule has 6 heteroatoms. The Hall–Kier alpha value is -0.230. The van der Waals surface area contributed by atoms with E-state index in [9.17, 15) is 18.0 Å². The molecule has 1 fully saturated rings. The number of nitrogens with zero attached hydrogens (tertiary/aromatic N) is 1. The molecule has 0 saturated carbocycles. The van der Waals surface area contributed by atoms with E-state index in [1.807, 2.05) is 4.90 Å². The monoisotopic (exact) mass is 227 g/mol. The Morgan fingerprint density at radius 2 is 1.86 bits per heavy atom. The van der Waals surface area contributed by atoms with Crippen LogP contribution >= 0.6 is 11.8 Å². The highest BCUT2D eigenvalue weighted by Gasteiger charge is 2.28. The number of likely N-dealkylation sites (tertiary alicyclic amines) is 1. The zero-order chi connectivity index (χ0) is 10.6. The second-order valence-corrected chi connectivity index (χ2v) is 4.33. The minimum absolute atomic E-state index is 0.00142. The highest BCUT2D eigenvalue weighted by molar-refractivity contribution is 8.00. The summed E-state index contributed by atoms with van der Waals surface area (Å²) in [6.07, 6.45) is 0.966. The quantitative estimate of drug-likeness (QED) is 0.734. The lowest BCUT2D eigenvalue weighted by atomic mass is 10.1. The third kappa shape index (κ3) is 4.85. The van der Waals surface area contributed by atoms with Gasteiger partial charge < -0.3 is 4.90 Å². The topological polar surface area (TPSA) is 20.3 Å². The summed E-state index contributed by atoms with van der Waals surface area (Å²) in [6, 6.07) is 0. The van der Waals surface area contributed by atoms with Crippen molar-refractivity contribution in [3.05, 3.63) is 0 Å². The molecule has 1 rings (SSSR count). The summed E-state index contributed by atoms with van der Waals surface area (Å²) in [6.45, 7) is 1.63. The maximum Gasteiger partial charge on any atom is 0.441 e. The van der Waals surface area contributed by atoms with Gasteiger partial charge >= 0.3 is 5.51 Å². The van der Waals surface area contributed by atoms with Gasteiger partial charge in [-0.1, -0.05) is 0 Å². The van der Waals surface area contributed by atoms with Crippen molar-refractivity contribution in [1.82, 2.24) is 4.90 Å². The number of hydrogen-bond acceptors (Lipinski definition) is 3. The smallest absolute Gasteiger partial charge is 0.302 e. The number of halogens is 3. The summed E-state index contributed by atoms with van der Waals surface area (Å²) < 4.78 is 35.3. The minimum atomic E-state index is -4.13. The third-order valence-corrected chi connectivity index (χ3v) is 2.80. The second kappa shape index (κ2) is 5.02. The van der Waals surface area contributed by atoms with Crippen LogP contribution in [0.5, 0.6) is 0 Å². The molecule has 0 bridgehead atoms. The fourth-order valence-corrected chi connectivity index (χ4v) is 1.90. The van der Waals surface area contributed by atoms with E-state index in [1.165, 1.54) is 0 Å². The summed E-state index contributed by atoms with van der Waals surface area (Å²) in [5, 5.41) is 0. The highest BCUT2D eigenvalue weighted by Crippen LogP contribution is 2.29. The van der Waals surface area contributed by atoms with E-state index in [0.717, 1.165) is 0 Å². The molecule has 0 amide bonds. The molecule has 0 aromatic rings. The fourth-order valence-electron chi connectivity index (χ4n) is 1.32. The number of Topliss-reactive ketones (excluding diaryl/α,β-unsaturated/α-hetero) is 1. The number of hydrogen-bond donors (Lipinski definition) is 0. The SMILES string of the molecule is O=C1CCN(CCSC(F)(F)F)CC1. The van der Waals surface area contributed by atoms with Gasteiger partial charge in [-0.25, -0.2) is 0 Å². The molecular weight excluding hydrogens is 215 g/mol. The highest BCUT2D eigenvalue weighted by atomic mass is 32.2. The van der Waals surface area contributed by atoms with Crippen LogP contribution in [-0.2, 0) is 4.79 Å². The van der Waals surface area contributed by atoms with Gasteiger partial charge in [0.25, 0.3) is 0 Å². The number of rotatable bonds is 3. The van der Waals surface area contributed by atoms with Crippen molar-refractivity contribution < 1.29 is 18.0 Å². The molecule has 0 aliphatic carbocycles. The van der Waals surface area contributed by atoms with E-state index in [2.05, 4.69) is 0 Å². The molecule has 0 unspecified atom stereocenters. The summed E-state index contributed by atoms with van der Waals surface area (Å²) in [5.74, 6) is 0.266. The Kier molecular flexibility index (Phi) is 4.25. The number of alkyl halides is 3. The molecule has 82 valence electrons. The van der Waals surface area contributed by atoms with Crippen LogP contribution in [0.2, 0.25) is 0 Å². The number of piperidine rings is 1. The minimum Gasteiger partial charge on any atom is -0.302 e. The molecule has 14 heavy (non-hydrogen) atoms. The molecule has 1 aliphatic heterocycles. The molecule has 1 aliphatic rings. The molecule has 0 spiro atoms. The Morgan fingerprint density at radius 1 is 1.29 bits per heavy atom. The predicted molar refractivity (Wildman–Crippen MR) is 49.2 cm³/mol. The fraction of sp³-hybridized carbons (Fsp3) is 0.875. The molecule has 1 saturated heterocycles. The first-order valence-corrected chi connectivity index (χ1v) is 5.41. The molecule has 1 heterocycles. The van der Waals surface area contributed by atoms with Crippen molar-refractivity contribution in [2.75, 3.05) is 25.4 Å². The van der Waals surface area contributed by atoms with E-state index in [1.54, 1.807) is 0 Å². The van der Waals surface area contributed by atoms with Gasteiger partial charge in [0.2, 0.25) is 0 Å². The van der Waals surface area contributed by atoms with Gasteiger partial charge in [0.15, 0.2) is 0 Å². The average Bonchev–Trinajstić information content (AvgIpc) is 2.06. The standard InChI is InChI=1S/C8H12F3NOS/c9-8(10,11)14-6-5-12-3-1-7(13)2-4-12/h1-6H2. The van der Waals surface area contributed by atoms with Crippen molar-refractivity contribution in [3.8, 4) is 0 Å². The maximum atomic E-state index is 11.8. The Labute approximate surface area is 84.8 Å². The summed E-state index contributed by atoms with van der Waals surface area (Å²) in [4.78, 5) is 12.7. The predicted octanol–water partition coefficient (Wildman–Crippen LogP) is 1.90. The lowest BCUT2D eigenvalue weighted by Gasteiger charge is -2.25. The van der Waals surface area contributed by atoms with Gasteiger partial charge in [0.1, 0.15) is 5.78 Å². The molecule has 0 atom stereocenters. The van der Waals surface area contributed by atoms with Crippen LogP contribution in [0.4, 0.5) is 13.2 Å². The van der Waals surface area contributed by atoms with Crippen LogP contribution in [0.15, 0.2) is 0 Å². The van der Waals surface area contributed by atoms with Crippen LogP contribution in [0, 0.1) is 0 Å². The first-order chi connectivity index (χ1) is 6.47. The molecule has 0 aromatic heterocycles. The second-order valence-electron chi connectivity index (χ2n) is 3.17. The Bertz CT molecular complexity index is 197. The van der Waals surface area contributed by atoms with Crippen molar-refractivity contribution >= 4 is 17.5 Å². The van der Waals surface area contributed by atoms with Gasteiger partial charge in [-0.3, -0.25) is 4.79 Å². The Morgan fingerprint density at radius 3 is 2.36 bits per heavy atom. The third-order valence-electron chi connectivity index (χ3n) is 2.09. The van der Waals surface area contributed by atoms with Gasteiger partial charge in [0.05, 0.1) is 0 Å². The number of thioether (sulfide) groups is 1. The molecule has 2 nitrogen and oxygen atoms in total. The lowest BCUT2D eigenvalue weighted by molar-refractivity contribution is -0.121. The molecule has 0 aromatic carbocycles. The summed E-state index contributed by atoms with van der Waals surface area (Å²) in [5.41, 5.74) is -4.13. The van der Waals surface area contributed by atoms with Crippen LogP contribution < -0.4 is 0 Å². The Balaban J connectivity index is 2.10. The van der Waals surface area contributed by atoms with Crippen LogP contribution in [0.1, 0.15) is 12.8 Å². The van der Waals surface area contributed by atoms with E-state index in [0.29, 0.717) is 32.5 Å². The molecule has 0 radical (unpaired) electrons. The number of ketones is 1. The van der Waals surface area contributed by atoms with E-state index < -0.39 is 5.51 Å². The van der Waals surface area contributed by atoms with Crippen LogP contribution in [0.3, 0.4) is 0 Å². The normalized spacial score (nSPS) is 20.1. The van der Waals surface area contributed by atoms with Gasteiger partial charge in [0, 0.05) is 38.2 Å². The van der Waals surface area contributed by atoms with Gasteiger partial charge in [-0.2, -0.15) is 13.2 Å². The largest absolute Gasteiger partial charge is 0.441 e. The molecular formula is C8H12F3NOS. The maximum absolute atomic E-state index is 11.8. The van der Waals surface area contributed by atoms with Gasteiger partial charge in [-0.05, 0) is 11.8 Å². The zero-order valence-corrected chi connectivity index (χ0v) is 8.46. The van der Waals surface area contributed by atoms with Crippen LogP contribution in [-0.4, -0.2) is 41.6 Å².